The topological polar surface area (TPSA) is 59.3 Å². The first kappa shape index (κ1) is 14.0. The van der Waals surface area contributed by atoms with Gasteiger partial charge in [-0.25, -0.2) is 22.4 Å². The molecule has 0 fully saturated rings. The third kappa shape index (κ3) is 2.02. The maximum Gasteiger partial charge on any atom is 0.341 e. The molecule has 1 aromatic carbocycles. The van der Waals surface area contributed by atoms with Gasteiger partial charge in [0.2, 0.25) is 5.43 Å². The predicted molar refractivity (Wildman–Crippen MR) is 61.0 cm³/mol. The van der Waals surface area contributed by atoms with Gasteiger partial charge in [-0.3, -0.25) is 4.79 Å². The number of hydrogen-bond acceptors (Lipinski definition) is 2. The Morgan fingerprint density at radius 1 is 1.25 bits per heavy atom. The van der Waals surface area contributed by atoms with Crippen molar-refractivity contribution in [1.29, 1.82) is 0 Å². The molecule has 0 unspecified atom stereocenters. The number of benzene rings is 1. The smallest absolute Gasteiger partial charge is 0.341 e. The zero-order valence-electron chi connectivity index (χ0n) is 9.79. The molecule has 4 nitrogen and oxygen atoms in total. The molecule has 0 saturated carbocycles. The molecule has 1 heterocycles. The molecule has 0 atom stereocenters. The SMILES string of the molecule is O=C(O)c1cn(CCF)c2c(F)c(F)c(F)cc2c1=O. The molecule has 0 bridgehead atoms. The Kier molecular flexibility index (Phi) is 3.47. The summed E-state index contributed by atoms with van der Waals surface area (Å²) in [5, 5.41) is 8.18. The van der Waals surface area contributed by atoms with E-state index < -0.39 is 58.5 Å². The summed E-state index contributed by atoms with van der Waals surface area (Å²) in [7, 11) is 0. The molecule has 0 radical (unpaired) electrons. The number of carbonyl (C=O) groups is 1. The van der Waals surface area contributed by atoms with E-state index in [1.807, 2.05) is 0 Å². The summed E-state index contributed by atoms with van der Waals surface area (Å²) in [5.41, 5.74) is -2.62. The summed E-state index contributed by atoms with van der Waals surface area (Å²) in [6.45, 7) is -1.51. The lowest BCUT2D eigenvalue weighted by Crippen LogP contribution is -2.21. The van der Waals surface area contributed by atoms with Crippen LogP contribution in [0.4, 0.5) is 17.6 Å². The Morgan fingerprint density at radius 2 is 1.90 bits per heavy atom. The number of carboxylic acids is 1. The van der Waals surface area contributed by atoms with Crippen LogP contribution in [-0.4, -0.2) is 22.3 Å². The monoisotopic (exact) mass is 289 g/mol. The Bertz CT molecular complexity index is 770. The van der Waals surface area contributed by atoms with Gasteiger partial charge in [-0.2, -0.15) is 0 Å². The van der Waals surface area contributed by atoms with Gasteiger partial charge in [0.05, 0.1) is 17.4 Å². The Hall–Kier alpha value is -2.38. The first-order chi connectivity index (χ1) is 9.38. The van der Waals surface area contributed by atoms with Crippen molar-refractivity contribution in [2.24, 2.45) is 0 Å². The standard InChI is InChI=1S/C12H7F4NO3/c13-1-2-17-4-6(12(19)20)11(18)5-3-7(14)8(15)9(16)10(5)17/h3-4H,1-2H2,(H,19,20). The average molecular weight is 289 g/mol. The molecule has 20 heavy (non-hydrogen) atoms. The van der Waals surface area contributed by atoms with Crippen molar-refractivity contribution in [3.8, 4) is 0 Å². The molecule has 0 aliphatic carbocycles. The molecule has 0 aliphatic rings. The number of fused-ring (bicyclic) bond motifs is 1. The van der Waals surface area contributed by atoms with E-state index in [-0.39, 0.29) is 0 Å². The van der Waals surface area contributed by atoms with E-state index >= 15 is 0 Å². The van der Waals surface area contributed by atoms with Crippen LogP contribution in [0.2, 0.25) is 0 Å². The number of rotatable bonds is 3. The zero-order valence-corrected chi connectivity index (χ0v) is 9.79. The Morgan fingerprint density at radius 3 is 2.45 bits per heavy atom. The lowest BCUT2D eigenvalue weighted by atomic mass is 10.1. The highest BCUT2D eigenvalue weighted by atomic mass is 19.2. The summed E-state index contributed by atoms with van der Waals surface area (Å²) in [5.74, 6) is -6.73. The number of alkyl halides is 1. The van der Waals surface area contributed by atoms with E-state index in [1.165, 1.54) is 0 Å². The molecule has 8 heteroatoms. The molecule has 2 aromatic rings. The number of carboxylic acid groups (broad SMARTS) is 1. The minimum Gasteiger partial charge on any atom is -0.477 e. The lowest BCUT2D eigenvalue weighted by Gasteiger charge is -2.12. The molecule has 0 saturated heterocycles. The summed E-state index contributed by atoms with van der Waals surface area (Å²) in [4.78, 5) is 22.7. The maximum atomic E-state index is 13.7. The molecule has 1 N–H and O–H groups in total. The van der Waals surface area contributed by atoms with Gasteiger partial charge in [-0.15, -0.1) is 0 Å². The van der Waals surface area contributed by atoms with Crippen LogP contribution < -0.4 is 5.43 Å². The maximum absolute atomic E-state index is 13.7. The highest BCUT2D eigenvalue weighted by Gasteiger charge is 2.21. The van der Waals surface area contributed by atoms with E-state index in [0.29, 0.717) is 12.3 Å². The zero-order chi connectivity index (χ0) is 15.0. The first-order valence-corrected chi connectivity index (χ1v) is 5.38. The number of pyridine rings is 1. The van der Waals surface area contributed by atoms with E-state index in [2.05, 4.69) is 0 Å². The third-order valence-corrected chi connectivity index (χ3v) is 2.75. The van der Waals surface area contributed by atoms with Gasteiger partial charge < -0.3 is 9.67 Å². The second-order valence-electron chi connectivity index (χ2n) is 3.94. The third-order valence-electron chi connectivity index (χ3n) is 2.75. The van der Waals surface area contributed by atoms with Crippen LogP contribution >= 0.6 is 0 Å². The molecular weight excluding hydrogens is 282 g/mol. The second-order valence-corrected chi connectivity index (χ2v) is 3.94. The molecule has 1 aromatic heterocycles. The Labute approximate surface area is 108 Å². The van der Waals surface area contributed by atoms with Crippen molar-refractivity contribution in [3.05, 3.63) is 45.5 Å². The van der Waals surface area contributed by atoms with E-state index in [4.69, 9.17) is 5.11 Å². The van der Waals surface area contributed by atoms with E-state index in [1.54, 1.807) is 0 Å². The van der Waals surface area contributed by atoms with Crippen molar-refractivity contribution in [1.82, 2.24) is 4.57 Å². The first-order valence-electron chi connectivity index (χ1n) is 5.38. The van der Waals surface area contributed by atoms with Crippen molar-refractivity contribution in [2.45, 2.75) is 6.54 Å². The van der Waals surface area contributed by atoms with Gasteiger partial charge in [-0.1, -0.05) is 0 Å². The van der Waals surface area contributed by atoms with Crippen LogP contribution in [0.25, 0.3) is 10.9 Å². The van der Waals surface area contributed by atoms with Gasteiger partial charge in [0.25, 0.3) is 0 Å². The average Bonchev–Trinajstić information content (AvgIpc) is 2.39. The van der Waals surface area contributed by atoms with Crippen LogP contribution in [0.5, 0.6) is 0 Å². The summed E-state index contributed by atoms with van der Waals surface area (Å²) in [6, 6.07) is 0.400. The molecule has 2 rings (SSSR count). The fourth-order valence-corrected chi connectivity index (χ4v) is 1.88. The van der Waals surface area contributed by atoms with E-state index in [9.17, 15) is 27.2 Å². The van der Waals surface area contributed by atoms with Crippen molar-refractivity contribution < 1.29 is 27.5 Å². The molecule has 0 spiro atoms. The van der Waals surface area contributed by atoms with Crippen LogP contribution in [-0.2, 0) is 6.54 Å². The molecule has 0 aliphatic heterocycles. The Balaban J connectivity index is 3.02. The van der Waals surface area contributed by atoms with Crippen LogP contribution in [0.15, 0.2) is 17.1 Å². The minimum atomic E-state index is -1.81. The summed E-state index contributed by atoms with van der Waals surface area (Å²) >= 11 is 0. The van der Waals surface area contributed by atoms with Gasteiger partial charge >= 0.3 is 5.97 Å². The van der Waals surface area contributed by atoms with Crippen molar-refractivity contribution in [2.75, 3.05) is 6.67 Å². The van der Waals surface area contributed by atoms with Gasteiger partial charge in [0.1, 0.15) is 12.2 Å². The van der Waals surface area contributed by atoms with Crippen molar-refractivity contribution in [3.63, 3.8) is 0 Å². The number of aryl methyl sites for hydroxylation is 1. The van der Waals surface area contributed by atoms with Gasteiger partial charge in [-0.05, 0) is 6.07 Å². The molecular formula is C12H7F4NO3. The van der Waals surface area contributed by atoms with Gasteiger partial charge in [0, 0.05) is 6.20 Å². The predicted octanol–water partition coefficient (Wildman–Crippen LogP) is 2.09. The lowest BCUT2D eigenvalue weighted by molar-refractivity contribution is 0.0694. The fourth-order valence-electron chi connectivity index (χ4n) is 1.88. The highest BCUT2D eigenvalue weighted by molar-refractivity contribution is 5.92. The number of aromatic nitrogens is 1. The number of halogens is 4. The number of aromatic carboxylic acids is 1. The molecule has 0 amide bonds. The summed E-state index contributed by atoms with van der Waals surface area (Å²) < 4.78 is 53.2. The minimum absolute atomic E-state index is 0.400. The fraction of sp³-hybridized carbons (Fsp3) is 0.167. The number of nitrogens with zero attached hydrogens (tertiary/aromatic N) is 1. The highest BCUT2D eigenvalue weighted by Crippen LogP contribution is 2.21. The quantitative estimate of drug-likeness (QED) is 0.695. The molecule has 106 valence electrons. The number of hydrogen-bond donors (Lipinski definition) is 1. The normalized spacial score (nSPS) is 11.0. The largest absolute Gasteiger partial charge is 0.477 e. The van der Waals surface area contributed by atoms with Crippen LogP contribution in [0.1, 0.15) is 10.4 Å². The second kappa shape index (κ2) is 4.95. The van der Waals surface area contributed by atoms with Crippen LogP contribution in [0, 0.1) is 17.5 Å². The van der Waals surface area contributed by atoms with Crippen LogP contribution in [0.3, 0.4) is 0 Å². The van der Waals surface area contributed by atoms with Gasteiger partial charge in [0.15, 0.2) is 17.5 Å². The summed E-state index contributed by atoms with van der Waals surface area (Å²) in [6.07, 6.45) is 0.701. The van der Waals surface area contributed by atoms with E-state index in [0.717, 1.165) is 4.57 Å². The van der Waals surface area contributed by atoms with Crippen molar-refractivity contribution >= 4 is 16.9 Å².